The van der Waals surface area contributed by atoms with E-state index in [-0.39, 0.29) is 18.4 Å². The summed E-state index contributed by atoms with van der Waals surface area (Å²) in [7, 11) is 0. The first kappa shape index (κ1) is 15.7. The van der Waals surface area contributed by atoms with Crippen molar-refractivity contribution >= 4 is 22.8 Å². The van der Waals surface area contributed by atoms with Gasteiger partial charge in [-0.25, -0.2) is 9.66 Å². The topological polar surface area (TPSA) is 76.0 Å². The molecule has 2 aromatic carbocycles. The van der Waals surface area contributed by atoms with Gasteiger partial charge in [0.25, 0.3) is 11.8 Å². The maximum Gasteiger partial charge on any atom is 0.258 e. The zero-order chi connectivity index (χ0) is 17.1. The summed E-state index contributed by atoms with van der Waals surface area (Å²) in [4.78, 5) is 28.4. The van der Waals surface area contributed by atoms with Crippen molar-refractivity contribution in [2.45, 2.75) is 13.8 Å². The fourth-order valence-corrected chi connectivity index (χ4v) is 2.59. The zero-order valence-electron chi connectivity index (χ0n) is 13.5. The molecule has 0 saturated heterocycles. The molecule has 2 N–H and O–H groups in total. The molecule has 3 aromatic rings. The Hall–Kier alpha value is -3.15. The highest BCUT2D eigenvalue weighted by atomic mass is 16.2. The number of rotatable bonds is 4. The highest BCUT2D eigenvalue weighted by Gasteiger charge is 2.10. The van der Waals surface area contributed by atoms with Crippen LogP contribution in [-0.2, 0) is 4.79 Å². The zero-order valence-corrected chi connectivity index (χ0v) is 13.5. The lowest BCUT2D eigenvalue weighted by atomic mass is 10.1. The van der Waals surface area contributed by atoms with E-state index >= 15 is 0 Å². The summed E-state index contributed by atoms with van der Waals surface area (Å²) < 4.78 is 1.54. The van der Waals surface area contributed by atoms with Crippen molar-refractivity contribution in [1.29, 1.82) is 0 Å². The molecule has 24 heavy (non-hydrogen) atoms. The Morgan fingerprint density at radius 1 is 1.08 bits per heavy atom. The number of hydrogen-bond acceptors (Lipinski definition) is 3. The molecule has 0 spiro atoms. The second-order valence-electron chi connectivity index (χ2n) is 5.70. The SMILES string of the molecule is Cc1cc(C)cc(C(=O)NCC(=O)Nn2cnc3ccccc32)c1. The van der Waals surface area contributed by atoms with Crippen LogP contribution in [0.2, 0.25) is 0 Å². The molecule has 0 aliphatic heterocycles. The Morgan fingerprint density at radius 3 is 2.54 bits per heavy atom. The number of aromatic nitrogens is 2. The Kier molecular flexibility index (Phi) is 4.29. The number of nitrogens with one attached hydrogen (secondary N) is 2. The minimum absolute atomic E-state index is 0.113. The van der Waals surface area contributed by atoms with Crippen molar-refractivity contribution in [3.63, 3.8) is 0 Å². The fourth-order valence-electron chi connectivity index (χ4n) is 2.59. The van der Waals surface area contributed by atoms with E-state index in [0.717, 1.165) is 22.2 Å². The number of carbonyl (C=O) groups excluding carboxylic acids is 2. The van der Waals surface area contributed by atoms with Crippen LogP contribution < -0.4 is 10.7 Å². The van der Waals surface area contributed by atoms with E-state index < -0.39 is 0 Å². The lowest BCUT2D eigenvalue weighted by Crippen LogP contribution is -2.35. The maximum atomic E-state index is 12.2. The van der Waals surface area contributed by atoms with Crippen LogP contribution in [-0.4, -0.2) is 28.0 Å². The molecule has 6 nitrogen and oxygen atoms in total. The fraction of sp³-hybridized carbons (Fsp3) is 0.167. The molecular weight excluding hydrogens is 304 g/mol. The highest BCUT2D eigenvalue weighted by molar-refractivity contribution is 5.98. The van der Waals surface area contributed by atoms with Crippen molar-refractivity contribution in [2.24, 2.45) is 0 Å². The van der Waals surface area contributed by atoms with Crippen molar-refractivity contribution in [3.05, 3.63) is 65.5 Å². The molecule has 0 bridgehead atoms. The van der Waals surface area contributed by atoms with E-state index in [2.05, 4.69) is 15.7 Å². The molecule has 3 rings (SSSR count). The van der Waals surface area contributed by atoms with Crippen molar-refractivity contribution < 1.29 is 9.59 Å². The number of benzene rings is 2. The molecule has 1 aromatic heterocycles. The third kappa shape index (κ3) is 3.43. The highest BCUT2D eigenvalue weighted by Crippen LogP contribution is 2.10. The third-order valence-electron chi connectivity index (χ3n) is 3.59. The van der Waals surface area contributed by atoms with Gasteiger partial charge in [-0.3, -0.25) is 15.0 Å². The molecule has 0 fully saturated rings. The first-order chi connectivity index (χ1) is 11.5. The van der Waals surface area contributed by atoms with Crippen LogP contribution in [0.5, 0.6) is 0 Å². The van der Waals surface area contributed by atoms with Gasteiger partial charge in [0.15, 0.2) is 0 Å². The number of carbonyl (C=O) groups is 2. The predicted octanol–water partition coefficient (Wildman–Crippen LogP) is 2.15. The molecular formula is C18H18N4O2. The number of hydrogen-bond donors (Lipinski definition) is 2. The Balaban J connectivity index is 1.62. The van der Waals surface area contributed by atoms with Crippen LogP contribution in [0, 0.1) is 13.8 Å². The summed E-state index contributed by atoms with van der Waals surface area (Å²) in [6, 6.07) is 13.1. The van der Waals surface area contributed by atoms with Crippen LogP contribution in [0.3, 0.4) is 0 Å². The standard InChI is InChI=1S/C18H18N4O2/c1-12-7-13(2)9-14(8-12)18(24)19-10-17(23)21-22-11-20-15-5-3-4-6-16(15)22/h3-9,11H,10H2,1-2H3,(H,19,24)(H,21,23). The average Bonchev–Trinajstić information content (AvgIpc) is 2.95. The van der Waals surface area contributed by atoms with Crippen molar-refractivity contribution in [3.8, 4) is 0 Å². The minimum atomic E-state index is -0.323. The quantitative estimate of drug-likeness (QED) is 0.773. The van der Waals surface area contributed by atoms with E-state index in [9.17, 15) is 9.59 Å². The second-order valence-corrected chi connectivity index (χ2v) is 5.70. The second kappa shape index (κ2) is 6.54. The monoisotopic (exact) mass is 322 g/mol. The summed E-state index contributed by atoms with van der Waals surface area (Å²) in [5.41, 5.74) is 6.85. The number of amides is 2. The molecule has 2 amide bonds. The van der Waals surface area contributed by atoms with Gasteiger partial charge in [0.05, 0.1) is 17.6 Å². The summed E-state index contributed by atoms with van der Waals surface area (Å²) in [6.07, 6.45) is 1.54. The number of fused-ring (bicyclic) bond motifs is 1. The van der Waals surface area contributed by atoms with Crippen LogP contribution in [0.1, 0.15) is 21.5 Å². The third-order valence-corrected chi connectivity index (χ3v) is 3.59. The van der Waals surface area contributed by atoms with Crippen molar-refractivity contribution in [2.75, 3.05) is 12.0 Å². The summed E-state index contributed by atoms with van der Waals surface area (Å²) >= 11 is 0. The minimum Gasteiger partial charge on any atom is -0.343 e. The summed E-state index contributed by atoms with van der Waals surface area (Å²) in [5.74, 6) is -0.594. The number of para-hydroxylation sites is 2. The molecule has 0 aliphatic carbocycles. The lowest BCUT2D eigenvalue weighted by Gasteiger charge is -2.09. The largest absolute Gasteiger partial charge is 0.343 e. The first-order valence-electron chi connectivity index (χ1n) is 7.61. The van der Waals surface area contributed by atoms with Crippen LogP contribution in [0.4, 0.5) is 0 Å². The predicted molar refractivity (Wildman–Crippen MR) is 92.3 cm³/mol. The van der Waals surface area contributed by atoms with Gasteiger partial charge in [-0.15, -0.1) is 0 Å². The Bertz CT molecular complexity index is 894. The Morgan fingerprint density at radius 2 is 1.79 bits per heavy atom. The average molecular weight is 322 g/mol. The molecule has 122 valence electrons. The Labute approximate surface area is 139 Å². The molecule has 0 atom stereocenters. The van der Waals surface area contributed by atoms with Gasteiger partial charge in [0, 0.05) is 5.56 Å². The molecule has 1 heterocycles. The van der Waals surface area contributed by atoms with Crippen LogP contribution in [0.25, 0.3) is 11.0 Å². The maximum absolute atomic E-state index is 12.2. The van der Waals surface area contributed by atoms with E-state index in [1.807, 2.05) is 44.2 Å². The molecule has 6 heteroatoms. The van der Waals surface area contributed by atoms with Gasteiger partial charge >= 0.3 is 0 Å². The van der Waals surface area contributed by atoms with E-state index in [1.54, 1.807) is 16.8 Å². The smallest absolute Gasteiger partial charge is 0.258 e. The van der Waals surface area contributed by atoms with Gasteiger partial charge in [-0.05, 0) is 38.1 Å². The van der Waals surface area contributed by atoms with Gasteiger partial charge in [0.2, 0.25) is 0 Å². The van der Waals surface area contributed by atoms with Gasteiger partial charge in [-0.2, -0.15) is 0 Å². The van der Waals surface area contributed by atoms with Gasteiger partial charge < -0.3 is 5.32 Å². The van der Waals surface area contributed by atoms with E-state index in [4.69, 9.17) is 0 Å². The molecule has 0 aliphatic rings. The normalized spacial score (nSPS) is 10.6. The van der Waals surface area contributed by atoms with Crippen LogP contribution >= 0.6 is 0 Å². The lowest BCUT2D eigenvalue weighted by molar-refractivity contribution is -0.116. The number of aryl methyl sites for hydroxylation is 2. The van der Waals surface area contributed by atoms with Crippen molar-refractivity contribution in [1.82, 2.24) is 15.0 Å². The number of imidazole rings is 1. The van der Waals surface area contributed by atoms with E-state index in [1.165, 1.54) is 6.33 Å². The van der Waals surface area contributed by atoms with E-state index in [0.29, 0.717) is 5.56 Å². The summed E-state index contributed by atoms with van der Waals surface area (Å²) in [6.45, 7) is 3.75. The molecule has 0 radical (unpaired) electrons. The van der Waals surface area contributed by atoms with Gasteiger partial charge in [-0.1, -0.05) is 29.3 Å². The molecule has 0 saturated carbocycles. The molecule has 0 unspecified atom stereocenters. The first-order valence-corrected chi connectivity index (χ1v) is 7.61. The van der Waals surface area contributed by atoms with Gasteiger partial charge in [0.1, 0.15) is 6.33 Å². The summed E-state index contributed by atoms with van der Waals surface area (Å²) in [5, 5.41) is 2.63. The van der Waals surface area contributed by atoms with Crippen LogP contribution in [0.15, 0.2) is 48.8 Å². The number of nitrogens with zero attached hydrogens (tertiary/aromatic N) is 2.